The summed E-state index contributed by atoms with van der Waals surface area (Å²) in [5.74, 6) is 2.00. The molecule has 1 aromatic heterocycles. The normalized spacial score (nSPS) is 10.6. The van der Waals surface area contributed by atoms with E-state index in [-0.39, 0.29) is 11.7 Å². The number of amides is 1. The Morgan fingerprint density at radius 3 is 2.57 bits per heavy atom. The monoisotopic (exact) mass is 418 g/mol. The first kappa shape index (κ1) is 20.0. The number of thioether (sulfide) groups is 1. The van der Waals surface area contributed by atoms with Crippen molar-refractivity contribution in [2.75, 3.05) is 25.3 Å². The fourth-order valence-corrected chi connectivity index (χ4v) is 3.41. The van der Waals surface area contributed by atoms with E-state index in [1.54, 1.807) is 25.3 Å². The van der Waals surface area contributed by atoms with Gasteiger partial charge >= 0.3 is 0 Å². The molecule has 2 aromatic carbocycles. The minimum absolute atomic E-state index is 0.171. The molecule has 28 heavy (non-hydrogen) atoms. The van der Waals surface area contributed by atoms with Gasteiger partial charge < -0.3 is 19.4 Å². The number of nitrogens with zero attached hydrogens (tertiary/aromatic N) is 3. The van der Waals surface area contributed by atoms with Crippen LogP contribution in [0.15, 0.2) is 47.6 Å². The number of ether oxygens (including phenoxy) is 2. The van der Waals surface area contributed by atoms with Crippen molar-refractivity contribution in [2.24, 2.45) is 7.05 Å². The molecule has 0 bridgehead atoms. The number of halogens is 1. The van der Waals surface area contributed by atoms with Crippen molar-refractivity contribution in [3.8, 4) is 22.9 Å². The van der Waals surface area contributed by atoms with Crippen LogP contribution in [-0.4, -0.2) is 40.6 Å². The molecule has 1 N–H and O–H groups in total. The van der Waals surface area contributed by atoms with E-state index in [0.717, 1.165) is 11.3 Å². The predicted molar refractivity (Wildman–Crippen MR) is 110 cm³/mol. The summed E-state index contributed by atoms with van der Waals surface area (Å²) in [6.45, 7) is 0. The van der Waals surface area contributed by atoms with Crippen LogP contribution in [0.25, 0.3) is 11.4 Å². The molecule has 0 unspecified atom stereocenters. The van der Waals surface area contributed by atoms with Crippen LogP contribution in [0.1, 0.15) is 0 Å². The first-order chi connectivity index (χ1) is 13.5. The van der Waals surface area contributed by atoms with Crippen LogP contribution >= 0.6 is 23.4 Å². The summed E-state index contributed by atoms with van der Waals surface area (Å²) in [5, 5.41) is 12.4. The number of methoxy groups -OCH3 is 2. The zero-order valence-electron chi connectivity index (χ0n) is 15.6. The molecule has 0 saturated carbocycles. The second kappa shape index (κ2) is 8.99. The van der Waals surface area contributed by atoms with Gasteiger partial charge in [-0.3, -0.25) is 4.79 Å². The summed E-state index contributed by atoms with van der Waals surface area (Å²) in [7, 11) is 5.02. The van der Waals surface area contributed by atoms with Crippen molar-refractivity contribution in [1.29, 1.82) is 0 Å². The number of hydrogen-bond acceptors (Lipinski definition) is 6. The molecule has 146 valence electrons. The van der Waals surface area contributed by atoms with Gasteiger partial charge in [-0.1, -0.05) is 23.4 Å². The van der Waals surface area contributed by atoms with Crippen LogP contribution in [0.4, 0.5) is 5.69 Å². The van der Waals surface area contributed by atoms with E-state index in [1.165, 1.54) is 18.9 Å². The molecular formula is C19H19ClN4O3S. The summed E-state index contributed by atoms with van der Waals surface area (Å²) in [6.07, 6.45) is 0. The van der Waals surface area contributed by atoms with E-state index in [9.17, 15) is 4.79 Å². The summed E-state index contributed by atoms with van der Waals surface area (Å²) in [4.78, 5) is 12.3. The van der Waals surface area contributed by atoms with Crippen molar-refractivity contribution in [2.45, 2.75) is 5.16 Å². The van der Waals surface area contributed by atoms with E-state index < -0.39 is 0 Å². The number of benzene rings is 2. The van der Waals surface area contributed by atoms with E-state index in [2.05, 4.69) is 15.5 Å². The second-order valence-corrected chi connectivity index (χ2v) is 7.15. The van der Waals surface area contributed by atoms with Gasteiger partial charge in [-0.25, -0.2) is 0 Å². The number of hydrogen-bond donors (Lipinski definition) is 1. The Morgan fingerprint density at radius 2 is 1.89 bits per heavy atom. The highest BCUT2D eigenvalue weighted by Crippen LogP contribution is 2.28. The number of anilines is 1. The molecular weight excluding hydrogens is 400 g/mol. The standard InChI is InChI=1S/C19H19ClN4O3S/c1-24-18(12-4-7-14(26-2)8-5-12)22-23-19(24)28-11-17(25)21-15-10-13(20)6-9-16(15)27-3/h4-10H,11H2,1-3H3,(H,21,25). The molecule has 0 fully saturated rings. The number of carbonyl (C=O) groups is 1. The first-order valence-corrected chi connectivity index (χ1v) is 9.68. The Morgan fingerprint density at radius 1 is 1.14 bits per heavy atom. The Kier molecular flexibility index (Phi) is 6.43. The minimum Gasteiger partial charge on any atom is -0.497 e. The van der Waals surface area contributed by atoms with E-state index in [4.69, 9.17) is 21.1 Å². The van der Waals surface area contributed by atoms with Crippen LogP contribution in [-0.2, 0) is 11.8 Å². The summed E-state index contributed by atoms with van der Waals surface area (Å²) >= 11 is 7.28. The quantitative estimate of drug-likeness (QED) is 0.586. The van der Waals surface area contributed by atoms with Crippen LogP contribution in [0.2, 0.25) is 5.02 Å². The lowest BCUT2D eigenvalue weighted by molar-refractivity contribution is -0.113. The average molecular weight is 419 g/mol. The molecule has 0 radical (unpaired) electrons. The third kappa shape index (κ3) is 4.58. The maximum absolute atomic E-state index is 12.3. The van der Waals surface area contributed by atoms with Gasteiger partial charge in [-0.15, -0.1) is 10.2 Å². The third-order valence-electron chi connectivity index (χ3n) is 3.95. The van der Waals surface area contributed by atoms with Crippen molar-refractivity contribution < 1.29 is 14.3 Å². The van der Waals surface area contributed by atoms with Crippen molar-refractivity contribution in [3.05, 3.63) is 47.5 Å². The maximum atomic E-state index is 12.3. The van der Waals surface area contributed by atoms with Gasteiger partial charge in [0.05, 0.1) is 25.7 Å². The third-order valence-corrected chi connectivity index (χ3v) is 5.21. The predicted octanol–water partition coefficient (Wildman–Crippen LogP) is 3.88. The molecule has 9 heteroatoms. The molecule has 3 aromatic rings. The lowest BCUT2D eigenvalue weighted by Crippen LogP contribution is -2.15. The Hall–Kier alpha value is -2.71. The maximum Gasteiger partial charge on any atom is 0.234 e. The summed E-state index contributed by atoms with van der Waals surface area (Å²) in [6, 6.07) is 12.6. The summed E-state index contributed by atoms with van der Waals surface area (Å²) in [5.41, 5.74) is 1.44. The topological polar surface area (TPSA) is 78.3 Å². The molecule has 1 heterocycles. The first-order valence-electron chi connectivity index (χ1n) is 8.32. The van der Waals surface area contributed by atoms with Crippen molar-refractivity contribution >= 4 is 35.0 Å². The van der Waals surface area contributed by atoms with E-state index in [1.807, 2.05) is 35.9 Å². The molecule has 0 spiro atoms. The minimum atomic E-state index is -0.195. The molecule has 0 aliphatic heterocycles. The molecule has 0 aliphatic carbocycles. The number of aromatic nitrogens is 3. The molecule has 7 nitrogen and oxygen atoms in total. The number of nitrogens with one attached hydrogen (secondary N) is 1. The van der Waals surface area contributed by atoms with Crippen molar-refractivity contribution in [3.63, 3.8) is 0 Å². The molecule has 0 atom stereocenters. The fraction of sp³-hybridized carbons (Fsp3) is 0.211. The lowest BCUT2D eigenvalue weighted by Gasteiger charge is -2.10. The Labute approximate surface area is 172 Å². The number of rotatable bonds is 7. The molecule has 1 amide bonds. The Bertz CT molecular complexity index is 976. The lowest BCUT2D eigenvalue weighted by atomic mass is 10.2. The zero-order valence-corrected chi connectivity index (χ0v) is 17.2. The van der Waals surface area contributed by atoms with Crippen LogP contribution in [0.5, 0.6) is 11.5 Å². The van der Waals surface area contributed by atoms with Gasteiger partial charge in [0.1, 0.15) is 11.5 Å². The van der Waals surface area contributed by atoms with Gasteiger partial charge in [0, 0.05) is 17.6 Å². The smallest absolute Gasteiger partial charge is 0.234 e. The summed E-state index contributed by atoms with van der Waals surface area (Å²) < 4.78 is 12.3. The molecule has 0 saturated heterocycles. The van der Waals surface area contributed by atoms with Crippen molar-refractivity contribution in [1.82, 2.24) is 14.8 Å². The van der Waals surface area contributed by atoms with Gasteiger partial charge in [0.25, 0.3) is 0 Å². The van der Waals surface area contributed by atoms with Crippen LogP contribution in [0.3, 0.4) is 0 Å². The largest absolute Gasteiger partial charge is 0.497 e. The molecule has 3 rings (SSSR count). The van der Waals surface area contributed by atoms with Crippen LogP contribution in [0, 0.1) is 0 Å². The van der Waals surface area contributed by atoms with Gasteiger partial charge in [0.2, 0.25) is 5.91 Å². The fourth-order valence-electron chi connectivity index (χ4n) is 2.53. The zero-order chi connectivity index (χ0) is 20.1. The van der Waals surface area contributed by atoms with Gasteiger partial charge in [0.15, 0.2) is 11.0 Å². The highest BCUT2D eigenvalue weighted by molar-refractivity contribution is 7.99. The highest BCUT2D eigenvalue weighted by atomic mass is 35.5. The highest BCUT2D eigenvalue weighted by Gasteiger charge is 2.14. The molecule has 0 aliphatic rings. The van der Waals surface area contributed by atoms with Gasteiger partial charge in [-0.2, -0.15) is 0 Å². The van der Waals surface area contributed by atoms with Crippen LogP contribution < -0.4 is 14.8 Å². The van der Waals surface area contributed by atoms with E-state index in [0.29, 0.717) is 27.4 Å². The number of carbonyl (C=O) groups excluding carboxylic acids is 1. The average Bonchev–Trinajstić information content (AvgIpc) is 3.07. The SMILES string of the molecule is COc1ccc(-c2nnc(SCC(=O)Nc3cc(Cl)ccc3OC)n2C)cc1. The second-order valence-electron chi connectivity index (χ2n) is 5.78. The Balaban J connectivity index is 1.66. The van der Waals surface area contributed by atoms with E-state index >= 15 is 0 Å². The van der Waals surface area contributed by atoms with Gasteiger partial charge in [-0.05, 0) is 42.5 Å².